The second-order valence-electron chi connectivity index (χ2n) is 5.41. The molecule has 1 aromatic carbocycles. The van der Waals surface area contributed by atoms with E-state index in [9.17, 15) is 9.50 Å². The van der Waals surface area contributed by atoms with Crippen LogP contribution in [0.25, 0.3) is 0 Å². The van der Waals surface area contributed by atoms with Gasteiger partial charge in [-0.15, -0.1) is 0 Å². The van der Waals surface area contributed by atoms with Crippen molar-refractivity contribution in [3.8, 4) is 5.75 Å². The summed E-state index contributed by atoms with van der Waals surface area (Å²) in [4.78, 5) is 0. The lowest BCUT2D eigenvalue weighted by Crippen LogP contribution is -2.26. The monoisotopic (exact) mass is 252 g/mol. The smallest absolute Gasteiger partial charge is 0.132 e. The second-order valence-corrected chi connectivity index (χ2v) is 5.41. The van der Waals surface area contributed by atoms with Gasteiger partial charge < -0.3 is 9.84 Å². The molecule has 1 aromatic rings. The number of methoxy groups -OCH3 is 1. The Hall–Kier alpha value is -1.09. The predicted molar refractivity (Wildman–Crippen MR) is 69.1 cm³/mol. The number of benzene rings is 1. The molecular weight excluding hydrogens is 231 g/mol. The molecule has 2 rings (SSSR count). The van der Waals surface area contributed by atoms with E-state index in [1.54, 1.807) is 12.1 Å². The van der Waals surface area contributed by atoms with Gasteiger partial charge >= 0.3 is 0 Å². The number of hydrogen-bond donors (Lipinski definition) is 1. The van der Waals surface area contributed by atoms with Crippen LogP contribution >= 0.6 is 0 Å². The minimum Gasteiger partial charge on any atom is -0.497 e. The first-order valence-electron chi connectivity index (χ1n) is 6.61. The van der Waals surface area contributed by atoms with Crippen LogP contribution in [0.1, 0.15) is 44.6 Å². The number of ether oxygens (including phenoxy) is 1. The molecule has 0 aliphatic heterocycles. The van der Waals surface area contributed by atoms with Crippen molar-refractivity contribution in [2.75, 3.05) is 7.11 Å². The summed E-state index contributed by atoms with van der Waals surface area (Å²) in [5, 5.41) is 10.7. The van der Waals surface area contributed by atoms with E-state index in [0.29, 0.717) is 30.1 Å². The summed E-state index contributed by atoms with van der Waals surface area (Å²) < 4.78 is 19.0. The maximum Gasteiger partial charge on any atom is 0.132 e. The Morgan fingerprint density at radius 3 is 2.78 bits per heavy atom. The van der Waals surface area contributed by atoms with Gasteiger partial charge in [-0.1, -0.05) is 13.3 Å². The lowest BCUT2D eigenvalue weighted by Gasteiger charge is -2.27. The second kappa shape index (κ2) is 5.27. The van der Waals surface area contributed by atoms with Gasteiger partial charge in [-0.2, -0.15) is 0 Å². The van der Waals surface area contributed by atoms with E-state index in [1.165, 1.54) is 13.2 Å². The predicted octanol–water partition coefficient (Wildman–Crippen LogP) is 3.62. The molecule has 1 aliphatic carbocycles. The van der Waals surface area contributed by atoms with Gasteiger partial charge in [-0.05, 0) is 43.7 Å². The summed E-state index contributed by atoms with van der Waals surface area (Å²) in [5.41, 5.74) is -0.599. The van der Waals surface area contributed by atoms with Crippen molar-refractivity contribution in [2.24, 2.45) is 5.92 Å². The van der Waals surface area contributed by atoms with Crippen LogP contribution in [-0.4, -0.2) is 12.2 Å². The van der Waals surface area contributed by atoms with Crippen LogP contribution in [0, 0.1) is 11.7 Å². The molecule has 0 radical (unpaired) electrons. The Labute approximate surface area is 108 Å². The van der Waals surface area contributed by atoms with Gasteiger partial charge in [0.05, 0.1) is 12.7 Å². The highest BCUT2D eigenvalue weighted by Gasteiger charge is 2.34. The van der Waals surface area contributed by atoms with Crippen molar-refractivity contribution in [3.63, 3.8) is 0 Å². The normalized spacial score (nSPS) is 28.8. The summed E-state index contributed by atoms with van der Waals surface area (Å²) in [6.07, 6.45) is 4.28. The topological polar surface area (TPSA) is 29.5 Å². The molecular formula is C15H21FO2. The first kappa shape index (κ1) is 13.3. The van der Waals surface area contributed by atoms with Crippen LogP contribution in [0.15, 0.2) is 18.2 Å². The number of aliphatic hydroxyl groups is 1. The third-order valence-corrected chi connectivity index (χ3v) is 4.02. The highest BCUT2D eigenvalue weighted by molar-refractivity contribution is 5.32. The summed E-state index contributed by atoms with van der Waals surface area (Å²) in [6, 6.07) is 4.72. The maximum atomic E-state index is 14.1. The van der Waals surface area contributed by atoms with Gasteiger partial charge in [0.25, 0.3) is 0 Å². The third-order valence-electron chi connectivity index (χ3n) is 4.02. The van der Waals surface area contributed by atoms with Gasteiger partial charge in [0.1, 0.15) is 11.6 Å². The van der Waals surface area contributed by atoms with Crippen molar-refractivity contribution < 1.29 is 14.2 Å². The van der Waals surface area contributed by atoms with Gasteiger partial charge in [-0.3, -0.25) is 0 Å². The molecule has 0 amide bonds. The van der Waals surface area contributed by atoms with Gasteiger partial charge in [0.15, 0.2) is 0 Å². The van der Waals surface area contributed by atoms with Gasteiger partial charge in [0, 0.05) is 11.6 Å². The minimum absolute atomic E-state index is 0.369. The zero-order valence-electron chi connectivity index (χ0n) is 11.1. The summed E-state index contributed by atoms with van der Waals surface area (Å²) >= 11 is 0. The Balaban J connectivity index is 2.28. The molecule has 1 N–H and O–H groups in total. The molecule has 0 aromatic heterocycles. The fourth-order valence-corrected chi connectivity index (χ4v) is 2.77. The maximum absolute atomic E-state index is 14.1. The lowest BCUT2D eigenvalue weighted by atomic mass is 9.86. The number of rotatable bonds is 2. The molecule has 0 bridgehead atoms. The molecule has 1 saturated carbocycles. The van der Waals surface area contributed by atoms with E-state index >= 15 is 0 Å². The van der Waals surface area contributed by atoms with Crippen molar-refractivity contribution in [3.05, 3.63) is 29.6 Å². The Bertz CT molecular complexity index is 419. The largest absolute Gasteiger partial charge is 0.497 e. The molecule has 2 atom stereocenters. The average molecular weight is 252 g/mol. The van der Waals surface area contributed by atoms with Crippen LogP contribution in [0.2, 0.25) is 0 Å². The third kappa shape index (κ3) is 2.66. The Kier molecular flexibility index (Phi) is 3.91. The van der Waals surface area contributed by atoms with Crippen LogP contribution in [0.4, 0.5) is 4.39 Å². The van der Waals surface area contributed by atoms with Gasteiger partial charge in [0.2, 0.25) is 0 Å². The van der Waals surface area contributed by atoms with E-state index in [-0.39, 0.29) is 5.82 Å². The Morgan fingerprint density at radius 2 is 2.11 bits per heavy atom. The fourth-order valence-electron chi connectivity index (χ4n) is 2.77. The molecule has 0 spiro atoms. The molecule has 3 heteroatoms. The average Bonchev–Trinajstić information content (AvgIpc) is 2.52. The summed E-state index contributed by atoms with van der Waals surface area (Å²) in [5.74, 6) is 0.730. The number of halogens is 1. The van der Waals surface area contributed by atoms with Crippen molar-refractivity contribution in [1.29, 1.82) is 0 Å². The molecule has 0 heterocycles. The quantitative estimate of drug-likeness (QED) is 0.815. The summed E-state index contributed by atoms with van der Waals surface area (Å²) in [7, 11) is 1.51. The SMILES string of the molecule is COc1ccc(C2(O)CCCC(C)CC2)c(F)c1. The van der Waals surface area contributed by atoms with Gasteiger partial charge in [-0.25, -0.2) is 4.39 Å². The van der Waals surface area contributed by atoms with Crippen LogP contribution in [0.5, 0.6) is 5.75 Å². The van der Waals surface area contributed by atoms with Crippen LogP contribution in [-0.2, 0) is 5.60 Å². The van der Waals surface area contributed by atoms with E-state index in [4.69, 9.17) is 4.74 Å². The first-order valence-corrected chi connectivity index (χ1v) is 6.61. The van der Waals surface area contributed by atoms with E-state index in [2.05, 4.69) is 6.92 Å². The fraction of sp³-hybridized carbons (Fsp3) is 0.600. The molecule has 18 heavy (non-hydrogen) atoms. The molecule has 1 fully saturated rings. The first-order chi connectivity index (χ1) is 8.55. The van der Waals surface area contributed by atoms with Crippen LogP contribution < -0.4 is 4.74 Å². The molecule has 100 valence electrons. The minimum atomic E-state index is -1.01. The molecule has 1 aliphatic rings. The Morgan fingerprint density at radius 1 is 1.33 bits per heavy atom. The van der Waals surface area contributed by atoms with Crippen molar-refractivity contribution >= 4 is 0 Å². The lowest BCUT2D eigenvalue weighted by molar-refractivity contribution is 0.0164. The highest BCUT2D eigenvalue weighted by Crippen LogP contribution is 2.39. The zero-order chi connectivity index (χ0) is 13.2. The summed E-state index contributed by atoms with van der Waals surface area (Å²) in [6.45, 7) is 2.19. The van der Waals surface area contributed by atoms with E-state index in [0.717, 1.165) is 19.3 Å². The standard InChI is InChI=1S/C15H21FO2/c1-11-4-3-8-15(17,9-7-11)13-6-5-12(18-2)10-14(13)16/h5-6,10-11,17H,3-4,7-9H2,1-2H3. The van der Waals surface area contributed by atoms with Crippen molar-refractivity contribution in [2.45, 2.75) is 44.6 Å². The molecule has 0 saturated heterocycles. The molecule has 2 nitrogen and oxygen atoms in total. The van der Waals surface area contributed by atoms with Crippen LogP contribution in [0.3, 0.4) is 0 Å². The van der Waals surface area contributed by atoms with E-state index < -0.39 is 5.60 Å². The number of hydrogen-bond acceptors (Lipinski definition) is 2. The zero-order valence-corrected chi connectivity index (χ0v) is 11.1. The van der Waals surface area contributed by atoms with E-state index in [1.807, 2.05) is 0 Å². The van der Waals surface area contributed by atoms with Crippen molar-refractivity contribution in [1.82, 2.24) is 0 Å². The molecule has 2 unspecified atom stereocenters. The highest BCUT2D eigenvalue weighted by atomic mass is 19.1.